The quantitative estimate of drug-likeness (QED) is 0.870. The highest BCUT2D eigenvalue weighted by atomic mass is 32.1. The minimum Gasteiger partial charge on any atom is -0.363 e. The van der Waals surface area contributed by atoms with E-state index in [0.29, 0.717) is 6.04 Å². The average molecular weight is 247 g/mol. The molecule has 0 amide bonds. The van der Waals surface area contributed by atoms with Crippen molar-refractivity contribution < 1.29 is 0 Å². The van der Waals surface area contributed by atoms with Crippen LogP contribution >= 0.6 is 11.3 Å². The van der Waals surface area contributed by atoms with Gasteiger partial charge in [-0.15, -0.1) is 11.3 Å². The van der Waals surface area contributed by atoms with E-state index < -0.39 is 0 Å². The number of nitrogens with one attached hydrogen (secondary N) is 2. The Labute approximate surface area is 105 Å². The Hall–Kier alpha value is -1.10. The van der Waals surface area contributed by atoms with E-state index in [2.05, 4.69) is 44.8 Å². The smallest absolute Gasteiger partial charge is 0.0848 e. The number of nitrogens with zero attached hydrogens (tertiary/aromatic N) is 1. The number of piperazine rings is 1. The van der Waals surface area contributed by atoms with E-state index in [0.717, 1.165) is 26.2 Å². The van der Waals surface area contributed by atoms with Crippen molar-refractivity contribution in [3.63, 3.8) is 0 Å². The maximum Gasteiger partial charge on any atom is 0.0848 e. The molecular formula is C13H17N3S. The fourth-order valence-electron chi connectivity index (χ4n) is 2.43. The van der Waals surface area contributed by atoms with E-state index in [1.54, 1.807) is 0 Å². The molecule has 0 spiro atoms. The van der Waals surface area contributed by atoms with Crippen LogP contribution in [-0.4, -0.2) is 36.1 Å². The van der Waals surface area contributed by atoms with Crippen molar-refractivity contribution in [2.75, 3.05) is 26.2 Å². The van der Waals surface area contributed by atoms with Gasteiger partial charge < -0.3 is 10.3 Å². The lowest BCUT2D eigenvalue weighted by Crippen LogP contribution is -2.45. The van der Waals surface area contributed by atoms with Crippen LogP contribution in [0.5, 0.6) is 0 Å². The summed E-state index contributed by atoms with van der Waals surface area (Å²) in [6.45, 7) is 4.40. The Morgan fingerprint density at radius 1 is 1.18 bits per heavy atom. The van der Waals surface area contributed by atoms with Crippen LogP contribution in [-0.2, 0) is 0 Å². The van der Waals surface area contributed by atoms with Crippen LogP contribution in [0.15, 0.2) is 35.8 Å². The van der Waals surface area contributed by atoms with Gasteiger partial charge in [-0.1, -0.05) is 6.07 Å². The van der Waals surface area contributed by atoms with Gasteiger partial charge in [-0.05, 0) is 23.6 Å². The second-order valence-corrected chi connectivity index (χ2v) is 5.31. The first kappa shape index (κ1) is 11.0. The molecule has 1 atom stereocenters. The van der Waals surface area contributed by atoms with Gasteiger partial charge >= 0.3 is 0 Å². The molecule has 3 heterocycles. The number of aromatic amines is 1. The molecule has 0 radical (unpaired) electrons. The predicted octanol–water partition coefficient (Wildman–Crippen LogP) is 2.07. The van der Waals surface area contributed by atoms with E-state index >= 15 is 0 Å². The molecule has 1 aliphatic rings. The molecule has 0 saturated carbocycles. The molecular weight excluding hydrogens is 230 g/mol. The number of thiophene rings is 1. The summed E-state index contributed by atoms with van der Waals surface area (Å²) in [5.74, 6) is 0. The molecule has 2 aromatic rings. The Morgan fingerprint density at radius 2 is 2.06 bits per heavy atom. The summed E-state index contributed by atoms with van der Waals surface area (Å²) in [4.78, 5) is 7.34. The van der Waals surface area contributed by atoms with Gasteiger partial charge in [0.2, 0.25) is 0 Å². The fraction of sp³-hybridized carbons (Fsp3) is 0.385. The first-order valence-corrected chi connectivity index (χ1v) is 6.94. The summed E-state index contributed by atoms with van der Waals surface area (Å²) >= 11 is 1.84. The van der Waals surface area contributed by atoms with Crippen molar-refractivity contribution in [2.45, 2.75) is 6.04 Å². The number of rotatable bonds is 3. The van der Waals surface area contributed by atoms with Crippen LogP contribution in [0.3, 0.4) is 0 Å². The molecule has 0 bridgehead atoms. The lowest BCUT2D eigenvalue weighted by Gasteiger charge is -2.34. The molecule has 17 heavy (non-hydrogen) atoms. The summed E-state index contributed by atoms with van der Waals surface area (Å²) < 4.78 is 0. The van der Waals surface area contributed by atoms with E-state index in [1.807, 2.05) is 17.5 Å². The minimum absolute atomic E-state index is 0.395. The van der Waals surface area contributed by atoms with Crippen LogP contribution < -0.4 is 5.32 Å². The van der Waals surface area contributed by atoms with Crippen LogP contribution in [0.25, 0.3) is 0 Å². The molecule has 1 fully saturated rings. The van der Waals surface area contributed by atoms with Gasteiger partial charge in [-0.3, -0.25) is 4.90 Å². The molecule has 3 rings (SSSR count). The van der Waals surface area contributed by atoms with Gasteiger partial charge in [0.1, 0.15) is 0 Å². The third-order valence-corrected chi connectivity index (χ3v) is 4.17. The average Bonchev–Trinajstić information content (AvgIpc) is 3.04. The highest BCUT2D eigenvalue weighted by Crippen LogP contribution is 2.30. The number of hydrogen-bond acceptors (Lipinski definition) is 3. The predicted molar refractivity (Wildman–Crippen MR) is 71.4 cm³/mol. The molecule has 4 heteroatoms. The first-order chi connectivity index (χ1) is 8.45. The van der Waals surface area contributed by atoms with Gasteiger partial charge in [0.15, 0.2) is 0 Å². The molecule has 0 aromatic carbocycles. The summed E-state index contributed by atoms with van der Waals surface area (Å²) in [6, 6.07) is 9.04. The van der Waals surface area contributed by atoms with Crippen LogP contribution in [0, 0.1) is 0 Å². The molecule has 2 aromatic heterocycles. The molecule has 1 aliphatic heterocycles. The number of H-pyrrole nitrogens is 1. The Balaban J connectivity index is 1.91. The fourth-order valence-corrected chi connectivity index (χ4v) is 3.31. The molecule has 90 valence electrons. The van der Waals surface area contributed by atoms with Crippen molar-refractivity contribution in [1.29, 1.82) is 0 Å². The minimum atomic E-state index is 0.395. The van der Waals surface area contributed by atoms with E-state index in [-0.39, 0.29) is 0 Å². The zero-order valence-corrected chi connectivity index (χ0v) is 10.5. The second-order valence-electron chi connectivity index (χ2n) is 4.33. The second kappa shape index (κ2) is 5.04. The summed E-state index contributed by atoms with van der Waals surface area (Å²) in [7, 11) is 0. The number of hydrogen-bond donors (Lipinski definition) is 2. The van der Waals surface area contributed by atoms with Gasteiger partial charge in [0.25, 0.3) is 0 Å². The molecule has 3 nitrogen and oxygen atoms in total. The molecule has 0 aliphatic carbocycles. The zero-order valence-electron chi connectivity index (χ0n) is 9.73. The van der Waals surface area contributed by atoms with Gasteiger partial charge in [-0.25, -0.2) is 0 Å². The molecule has 1 saturated heterocycles. The molecule has 0 unspecified atom stereocenters. The van der Waals surface area contributed by atoms with Crippen LogP contribution in [0.1, 0.15) is 16.6 Å². The molecule has 2 N–H and O–H groups in total. The lowest BCUT2D eigenvalue weighted by molar-refractivity contribution is 0.198. The summed E-state index contributed by atoms with van der Waals surface area (Å²) in [5, 5.41) is 5.57. The summed E-state index contributed by atoms with van der Waals surface area (Å²) in [5.41, 5.74) is 1.30. The highest BCUT2D eigenvalue weighted by Gasteiger charge is 2.24. The third-order valence-electron chi connectivity index (χ3n) is 3.25. The van der Waals surface area contributed by atoms with Crippen LogP contribution in [0.4, 0.5) is 0 Å². The summed E-state index contributed by atoms with van der Waals surface area (Å²) in [6.07, 6.45) is 2.01. The van der Waals surface area contributed by atoms with Crippen molar-refractivity contribution >= 4 is 11.3 Å². The third kappa shape index (κ3) is 2.29. The van der Waals surface area contributed by atoms with Gasteiger partial charge in [0, 0.05) is 42.9 Å². The van der Waals surface area contributed by atoms with E-state index in [4.69, 9.17) is 0 Å². The van der Waals surface area contributed by atoms with Crippen molar-refractivity contribution in [1.82, 2.24) is 15.2 Å². The van der Waals surface area contributed by atoms with Gasteiger partial charge in [0.05, 0.1) is 6.04 Å². The maximum atomic E-state index is 3.41. The largest absolute Gasteiger partial charge is 0.363 e. The van der Waals surface area contributed by atoms with Crippen molar-refractivity contribution in [3.8, 4) is 0 Å². The van der Waals surface area contributed by atoms with E-state index in [9.17, 15) is 0 Å². The maximum absolute atomic E-state index is 3.41. The number of aromatic nitrogens is 1. The Bertz CT molecular complexity index is 395. The zero-order chi connectivity index (χ0) is 11.5. The van der Waals surface area contributed by atoms with Crippen LogP contribution in [0.2, 0.25) is 0 Å². The Morgan fingerprint density at radius 3 is 2.71 bits per heavy atom. The van der Waals surface area contributed by atoms with Crippen molar-refractivity contribution in [3.05, 3.63) is 46.4 Å². The SMILES string of the molecule is c1c[nH]c([C@@H](c2cccs2)N2CCNCC2)c1. The van der Waals surface area contributed by atoms with Gasteiger partial charge in [-0.2, -0.15) is 0 Å². The lowest BCUT2D eigenvalue weighted by atomic mass is 10.1. The topological polar surface area (TPSA) is 31.1 Å². The van der Waals surface area contributed by atoms with E-state index in [1.165, 1.54) is 10.6 Å². The highest BCUT2D eigenvalue weighted by molar-refractivity contribution is 7.10. The monoisotopic (exact) mass is 247 g/mol. The first-order valence-electron chi connectivity index (χ1n) is 6.06. The van der Waals surface area contributed by atoms with Crippen molar-refractivity contribution in [2.24, 2.45) is 0 Å². The Kier molecular flexibility index (Phi) is 3.27. The standard InChI is InChI=1S/C13H17N3S/c1-3-11(15-5-1)13(12-4-2-10-17-12)16-8-6-14-7-9-16/h1-5,10,13-15H,6-9H2/t13-/m0/s1. The normalized spacial score (nSPS) is 19.3.